The number of carbonyl (C=O) groups excluding carboxylic acids is 1. The molecule has 4 rings (SSSR count). The molecule has 6 heteroatoms. The molecule has 3 aromatic rings. The van der Waals surface area contributed by atoms with Crippen LogP contribution in [0.1, 0.15) is 29.7 Å². The molecule has 0 saturated carbocycles. The number of aromatic nitrogens is 1. The number of aryl methyl sites for hydroxylation is 2. The van der Waals surface area contributed by atoms with Gasteiger partial charge in [0.05, 0.1) is 23.0 Å². The van der Waals surface area contributed by atoms with Gasteiger partial charge >= 0.3 is 0 Å². The van der Waals surface area contributed by atoms with E-state index in [2.05, 4.69) is 36.2 Å². The zero-order chi connectivity index (χ0) is 18.1. The summed E-state index contributed by atoms with van der Waals surface area (Å²) in [6.07, 6.45) is 3.34. The molecule has 136 valence electrons. The number of hydrogen-bond donors (Lipinski definition) is 1. The molecule has 2 aromatic heterocycles. The highest BCUT2D eigenvalue weighted by molar-refractivity contribution is 7.22. The van der Waals surface area contributed by atoms with E-state index in [-0.39, 0.29) is 11.8 Å². The molecule has 1 aliphatic rings. The van der Waals surface area contributed by atoms with Crippen LogP contribution in [0.25, 0.3) is 10.2 Å². The smallest absolute Gasteiger partial charge is 0.223 e. The lowest BCUT2D eigenvalue weighted by atomic mass is 9.96. The topological polar surface area (TPSA) is 58.4 Å². The number of amides is 1. The first-order valence-electron chi connectivity index (χ1n) is 9.03. The van der Waals surface area contributed by atoms with Crippen LogP contribution in [0.5, 0.6) is 0 Å². The van der Waals surface area contributed by atoms with Crippen LogP contribution in [-0.4, -0.2) is 24.0 Å². The van der Waals surface area contributed by atoms with E-state index in [1.807, 2.05) is 12.1 Å². The summed E-state index contributed by atoms with van der Waals surface area (Å²) >= 11 is 1.75. The van der Waals surface area contributed by atoms with Gasteiger partial charge in [-0.05, 0) is 56.0 Å². The standard InChI is InChI=1S/C20H23N3O2S/c1-13-10-14(2)18-17(11-13)26-20(22-18)23-7-5-15(6-8-23)19(24)21-12-16-4-3-9-25-16/h3-4,9-11,15H,5-8,12H2,1-2H3,(H,21,24). The predicted octanol–water partition coefficient (Wildman–Crippen LogP) is 4.04. The molecule has 0 spiro atoms. The first kappa shape index (κ1) is 17.1. The molecule has 0 bridgehead atoms. The second kappa shape index (κ2) is 7.11. The molecule has 1 fully saturated rings. The van der Waals surface area contributed by atoms with Crippen LogP contribution >= 0.6 is 11.3 Å². The van der Waals surface area contributed by atoms with E-state index in [9.17, 15) is 4.79 Å². The van der Waals surface area contributed by atoms with Gasteiger partial charge in [0.1, 0.15) is 5.76 Å². The number of hydrogen-bond acceptors (Lipinski definition) is 5. The number of benzene rings is 1. The van der Waals surface area contributed by atoms with Crippen molar-refractivity contribution >= 4 is 32.6 Å². The van der Waals surface area contributed by atoms with Crippen LogP contribution in [0.4, 0.5) is 5.13 Å². The summed E-state index contributed by atoms with van der Waals surface area (Å²) in [5.41, 5.74) is 3.61. The lowest BCUT2D eigenvalue weighted by Crippen LogP contribution is -2.40. The molecule has 0 radical (unpaired) electrons. The Bertz CT molecular complexity index is 909. The molecular weight excluding hydrogens is 346 g/mol. The Hall–Kier alpha value is -2.34. The monoisotopic (exact) mass is 369 g/mol. The average molecular weight is 369 g/mol. The Balaban J connectivity index is 1.37. The van der Waals surface area contributed by atoms with Gasteiger partial charge in [-0.15, -0.1) is 0 Å². The van der Waals surface area contributed by atoms with Crippen LogP contribution in [-0.2, 0) is 11.3 Å². The number of nitrogens with one attached hydrogen (secondary N) is 1. The van der Waals surface area contributed by atoms with Crippen LogP contribution in [0.3, 0.4) is 0 Å². The van der Waals surface area contributed by atoms with Crippen molar-refractivity contribution in [2.75, 3.05) is 18.0 Å². The largest absolute Gasteiger partial charge is 0.467 e. The summed E-state index contributed by atoms with van der Waals surface area (Å²) in [5, 5.41) is 4.05. The minimum Gasteiger partial charge on any atom is -0.467 e. The van der Waals surface area contributed by atoms with Crippen molar-refractivity contribution in [2.24, 2.45) is 5.92 Å². The molecular formula is C20H23N3O2S. The minimum atomic E-state index is 0.0690. The lowest BCUT2D eigenvalue weighted by Gasteiger charge is -2.30. The van der Waals surface area contributed by atoms with E-state index in [1.54, 1.807) is 17.6 Å². The molecule has 1 N–H and O–H groups in total. The van der Waals surface area contributed by atoms with E-state index < -0.39 is 0 Å². The maximum Gasteiger partial charge on any atom is 0.223 e. The normalized spacial score (nSPS) is 15.5. The Kier molecular flexibility index (Phi) is 4.68. The number of fused-ring (bicyclic) bond motifs is 1. The van der Waals surface area contributed by atoms with E-state index in [0.717, 1.165) is 42.3 Å². The first-order valence-corrected chi connectivity index (χ1v) is 9.84. The third-order valence-electron chi connectivity index (χ3n) is 4.97. The van der Waals surface area contributed by atoms with Gasteiger partial charge in [-0.3, -0.25) is 4.79 Å². The van der Waals surface area contributed by atoms with Crippen molar-refractivity contribution in [3.63, 3.8) is 0 Å². The number of anilines is 1. The molecule has 1 aromatic carbocycles. The number of thiazole rings is 1. The second-order valence-corrected chi connectivity index (χ2v) is 7.99. The maximum atomic E-state index is 12.4. The van der Waals surface area contributed by atoms with Crippen LogP contribution < -0.4 is 10.2 Å². The summed E-state index contributed by atoms with van der Waals surface area (Å²) in [7, 11) is 0. The maximum absolute atomic E-state index is 12.4. The van der Waals surface area contributed by atoms with Gasteiger partial charge in [0.25, 0.3) is 0 Å². The quantitative estimate of drug-likeness (QED) is 0.754. The van der Waals surface area contributed by atoms with Gasteiger partial charge in [0, 0.05) is 19.0 Å². The number of furan rings is 1. The second-order valence-electron chi connectivity index (χ2n) is 6.98. The van der Waals surface area contributed by atoms with Crippen molar-refractivity contribution in [1.82, 2.24) is 10.3 Å². The number of carbonyl (C=O) groups is 1. The summed E-state index contributed by atoms with van der Waals surface area (Å²) in [6, 6.07) is 8.10. The Morgan fingerprint density at radius 1 is 1.35 bits per heavy atom. The van der Waals surface area contributed by atoms with Gasteiger partial charge < -0.3 is 14.6 Å². The van der Waals surface area contributed by atoms with E-state index >= 15 is 0 Å². The molecule has 0 atom stereocenters. The number of nitrogens with zero attached hydrogens (tertiary/aromatic N) is 2. The average Bonchev–Trinajstić information content (AvgIpc) is 3.29. The van der Waals surface area contributed by atoms with Crippen molar-refractivity contribution in [2.45, 2.75) is 33.2 Å². The van der Waals surface area contributed by atoms with Crippen LogP contribution in [0, 0.1) is 19.8 Å². The summed E-state index contributed by atoms with van der Waals surface area (Å²) in [5.74, 6) is 0.979. The van der Waals surface area contributed by atoms with Gasteiger partial charge in [0.2, 0.25) is 5.91 Å². The molecule has 1 amide bonds. The summed E-state index contributed by atoms with van der Waals surface area (Å²) < 4.78 is 6.51. The third-order valence-corrected chi connectivity index (χ3v) is 6.03. The zero-order valence-corrected chi connectivity index (χ0v) is 15.9. The molecule has 0 aliphatic carbocycles. The fraction of sp³-hybridized carbons (Fsp3) is 0.400. The van der Waals surface area contributed by atoms with Crippen molar-refractivity contribution in [3.8, 4) is 0 Å². The van der Waals surface area contributed by atoms with Crippen LogP contribution in [0.2, 0.25) is 0 Å². The molecule has 1 saturated heterocycles. The third kappa shape index (κ3) is 3.46. The lowest BCUT2D eigenvalue weighted by molar-refractivity contribution is -0.125. The fourth-order valence-corrected chi connectivity index (χ4v) is 4.75. The predicted molar refractivity (Wildman–Crippen MR) is 105 cm³/mol. The Morgan fingerprint density at radius 2 is 2.15 bits per heavy atom. The van der Waals surface area contributed by atoms with Gasteiger partial charge in [-0.2, -0.15) is 0 Å². The first-order chi connectivity index (χ1) is 12.6. The summed E-state index contributed by atoms with van der Waals surface area (Å²) in [4.78, 5) is 19.5. The molecule has 5 nitrogen and oxygen atoms in total. The van der Waals surface area contributed by atoms with Gasteiger partial charge in [-0.25, -0.2) is 4.98 Å². The number of rotatable bonds is 4. The SMILES string of the molecule is Cc1cc(C)c2nc(N3CCC(C(=O)NCc4ccco4)CC3)sc2c1. The molecule has 26 heavy (non-hydrogen) atoms. The van der Waals surface area contributed by atoms with Gasteiger partial charge in [0.15, 0.2) is 5.13 Å². The van der Waals surface area contributed by atoms with E-state index in [1.165, 1.54) is 15.8 Å². The summed E-state index contributed by atoms with van der Waals surface area (Å²) in [6.45, 7) is 6.45. The van der Waals surface area contributed by atoms with Crippen molar-refractivity contribution in [1.29, 1.82) is 0 Å². The highest BCUT2D eigenvalue weighted by atomic mass is 32.1. The van der Waals surface area contributed by atoms with E-state index in [4.69, 9.17) is 9.40 Å². The van der Waals surface area contributed by atoms with Crippen molar-refractivity contribution < 1.29 is 9.21 Å². The zero-order valence-electron chi connectivity index (χ0n) is 15.1. The molecule has 0 unspecified atom stereocenters. The molecule has 3 heterocycles. The highest BCUT2D eigenvalue weighted by Gasteiger charge is 2.26. The van der Waals surface area contributed by atoms with Crippen LogP contribution in [0.15, 0.2) is 34.9 Å². The van der Waals surface area contributed by atoms with Gasteiger partial charge in [-0.1, -0.05) is 17.4 Å². The fourth-order valence-electron chi connectivity index (χ4n) is 3.56. The highest BCUT2D eigenvalue weighted by Crippen LogP contribution is 2.33. The van der Waals surface area contributed by atoms with E-state index in [0.29, 0.717) is 6.54 Å². The number of piperidine rings is 1. The molecule has 1 aliphatic heterocycles. The van der Waals surface area contributed by atoms with Crippen molar-refractivity contribution in [3.05, 3.63) is 47.4 Å². The Labute approximate surface area is 157 Å². The Morgan fingerprint density at radius 3 is 2.88 bits per heavy atom. The minimum absolute atomic E-state index is 0.0690.